The summed E-state index contributed by atoms with van der Waals surface area (Å²) in [7, 11) is 0. The van der Waals surface area contributed by atoms with Gasteiger partial charge in [0.1, 0.15) is 5.52 Å². The fraction of sp³-hybridized carbons (Fsp3) is 0.364. The molecule has 4 heteroatoms. The monoisotopic (exact) mass is 224 g/mol. The van der Waals surface area contributed by atoms with Crippen molar-refractivity contribution < 1.29 is 4.42 Å². The molecule has 3 nitrogen and oxygen atoms in total. The topological polar surface area (TPSA) is 52.0 Å². The summed E-state index contributed by atoms with van der Waals surface area (Å²) in [6.45, 7) is 3.94. The van der Waals surface area contributed by atoms with Crippen LogP contribution in [-0.2, 0) is 0 Å². The zero-order chi connectivity index (χ0) is 11.0. The highest BCUT2D eigenvalue weighted by atomic mass is 35.5. The van der Waals surface area contributed by atoms with E-state index >= 15 is 0 Å². The van der Waals surface area contributed by atoms with Crippen molar-refractivity contribution in [1.29, 1.82) is 0 Å². The molecule has 0 aliphatic heterocycles. The standard InChI is InChI=1S/C11H13ClN2O/c1-3-8(13)11-14-9-5-7(12)4-6(2)10(9)15-11/h4-5,8H,3,13H2,1-2H3. The van der Waals surface area contributed by atoms with Gasteiger partial charge in [0.15, 0.2) is 5.58 Å². The van der Waals surface area contributed by atoms with E-state index in [1.165, 1.54) is 0 Å². The molecule has 0 aliphatic carbocycles. The zero-order valence-electron chi connectivity index (χ0n) is 8.75. The van der Waals surface area contributed by atoms with Crippen molar-refractivity contribution in [3.63, 3.8) is 0 Å². The second-order valence-electron chi connectivity index (χ2n) is 3.64. The van der Waals surface area contributed by atoms with Crippen LogP contribution in [0.25, 0.3) is 11.1 Å². The van der Waals surface area contributed by atoms with Crippen LogP contribution in [0.2, 0.25) is 5.02 Å². The molecule has 0 spiro atoms. The van der Waals surface area contributed by atoms with E-state index in [1.54, 1.807) is 6.07 Å². The van der Waals surface area contributed by atoms with E-state index in [1.807, 2.05) is 19.9 Å². The van der Waals surface area contributed by atoms with Gasteiger partial charge in [0.05, 0.1) is 6.04 Å². The molecule has 1 unspecified atom stereocenters. The summed E-state index contributed by atoms with van der Waals surface area (Å²) < 4.78 is 5.61. The lowest BCUT2D eigenvalue weighted by Gasteiger charge is -2.00. The number of nitrogens with zero attached hydrogens (tertiary/aromatic N) is 1. The van der Waals surface area contributed by atoms with Crippen LogP contribution < -0.4 is 5.73 Å². The maximum Gasteiger partial charge on any atom is 0.212 e. The summed E-state index contributed by atoms with van der Waals surface area (Å²) in [6, 6.07) is 3.51. The zero-order valence-corrected chi connectivity index (χ0v) is 9.51. The summed E-state index contributed by atoms with van der Waals surface area (Å²) in [4.78, 5) is 4.33. The maximum atomic E-state index is 5.93. The van der Waals surface area contributed by atoms with Gasteiger partial charge in [-0.1, -0.05) is 18.5 Å². The molecule has 1 heterocycles. The van der Waals surface area contributed by atoms with E-state index in [9.17, 15) is 0 Å². The molecule has 15 heavy (non-hydrogen) atoms. The second kappa shape index (κ2) is 3.83. The van der Waals surface area contributed by atoms with Gasteiger partial charge in [0.2, 0.25) is 5.89 Å². The highest BCUT2D eigenvalue weighted by Crippen LogP contribution is 2.26. The Bertz CT molecular complexity index is 493. The van der Waals surface area contributed by atoms with Crippen LogP contribution in [0.1, 0.15) is 30.8 Å². The van der Waals surface area contributed by atoms with E-state index < -0.39 is 0 Å². The number of aryl methyl sites for hydroxylation is 1. The minimum Gasteiger partial charge on any atom is -0.439 e. The molecule has 1 aromatic heterocycles. The van der Waals surface area contributed by atoms with E-state index in [4.69, 9.17) is 21.8 Å². The molecule has 80 valence electrons. The van der Waals surface area contributed by atoms with Crippen molar-refractivity contribution in [2.45, 2.75) is 26.3 Å². The van der Waals surface area contributed by atoms with Gasteiger partial charge in [-0.2, -0.15) is 0 Å². The SMILES string of the molecule is CCC(N)c1nc2cc(Cl)cc(C)c2o1. The lowest BCUT2D eigenvalue weighted by molar-refractivity contribution is 0.468. The maximum absolute atomic E-state index is 5.93. The van der Waals surface area contributed by atoms with Crippen molar-refractivity contribution >= 4 is 22.7 Å². The average Bonchev–Trinajstić information content (AvgIpc) is 2.60. The Hall–Kier alpha value is -1.06. The predicted molar refractivity (Wildman–Crippen MR) is 61.0 cm³/mol. The van der Waals surface area contributed by atoms with Gasteiger partial charge < -0.3 is 10.2 Å². The number of nitrogens with two attached hydrogens (primary N) is 1. The first-order valence-electron chi connectivity index (χ1n) is 4.94. The van der Waals surface area contributed by atoms with Crippen LogP contribution in [0.4, 0.5) is 0 Å². The Morgan fingerprint density at radius 1 is 1.53 bits per heavy atom. The van der Waals surface area contributed by atoms with Crippen LogP contribution >= 0.6 is 11.6 Å². The van der Waals surface area contributed by atoms with Crippen molar-refractivity contribution in [3.05, 3.63) is 28.6 Å². The van der Waals surface area contributed by atoms with Crippen LogP contribution in [0, 0.1) is 6.92 Å². The molecule has 2 rings (SSSR count). The fourth-order valence-corrected chi connectivity index (χ4v) is 1.77. The van der Waals surface area contributed by atoms with Crippen molar-refractivity contribution in [2.75, 3.05) is 0 Å². The second-order valence-corrected chi connectivity index (χ2v) is 4.07. The summed E-state index contributed by atoms with van der Waals surface area (Å²) in [5.41, 5.74) is 8.40. The van der Waals surface area contributed by atoms with Gasteiger partial charge in [0.25, 0.3) is 0 Å². The van der Waals surface area contributed by atoms with Crippen molar-refractivity contribution in [3.8, 4) is 0 Å². The first kappa shape index (κ1) is 10.5. The van der Waals surface area contributed by atoms with Gasteiger partial charge in [-0.05, 0) is 31.0 Å². The van der Waals surface area contributed by atoms with E-state index in [0.717, 1.165) is 23.1 Å². The molecule has 0 aliphatic rings. The van der Waals surface area contributed by atoms with Gasteiger partial charge in [0, 0.05) is 5.02 Å². The highest BCUT2D eigenvalue weighted by molar-refractivity contribution is 6.31. The average molecular weight is 225 g/mol. The smallest absolute Gasteiger partial charge is 0.212 e. The molecule has 0 saturated carbocycles. The van der Waals surface area contributed by atoms with Crippen LogP contribution in [0.5, 0.6) is 0 Å². The Balaban J connectivity index is 2.60. The highest BCUT2D eigenvalue weighted by Gasteiger charge is 2.13. The molecular formula is C11H13ClN2O. The molecule has 2 aromatic rings. The number of aromatic nitrogens is 1. The van der Waals surface area contributed by atoms with E-state index in [2.05, 4.69) is 4.98 Å². The third-order valence-corrected chi connectivity index (χ3v) is 2.63. The number of benzene rings is 1. The largest absolute Gasteiger partial charge is 0.439 e. The van der Waals surface area contributed by atoms with Gasteiger partial charge in [-0.25, -0.2) is 4.98 Å². The minimum atomic E-state index is -0.143. The lowest BCUT2D eigenvalue weighted by Crippen LogP contribution is -2.08. The molecule has 0 fully saturated rings. The Morgan fingerprint density at radius 2 is 2.27 bits per heavy atom. The number of oxazole rings is 1. The number of hydrogen-bond donors (Lipinski definition) is 1. The van der Waals surface area contributed by atoms with Crippen LogP contribution in [0.3, 0.4) is 0 Å². The third-order valence-electron chi connectivity index (χ3n) is 2.41. The molecule has 2 N–H and O–H groups in total. The minimum absolute atomic E-state index is 0.143. The number of rotatable bonds is 2. The van der Waals surface area contributed by atoms with Crippen LogP contribution in [-0.4, -0.2) is 4.98 Å². The summed E-state index contributed by atoms with van der Waals surface area (Å²) in [5, 5.41) is 0.671. The summed E-state index contributed by atoms with van der Waals surface area (Å²) in [6.07, 6.45) is 0.805. The number of halogens is 1. The molecule has 0 amide bonds. The quantitative estimate of drug-likeness (QED) is 0.852. The Kier molecular flexibility index (Phi) is 2.67. The van der Waals surface area contributed by atoms with Gasteiger partial charge >= 0.3 is 0 Å². The van der Waals surface area contributed by atoms with Crippen molar-refractivity contribution in [2.24, 2.45) is 5.73 Å². The fourth-order valence-electron chi connectivity index (χ4n) is 1.51. The Labute approximate surface area is 93.2 Å². The molecule has 0 saturated heterocycles. The van der Waals surface area contributed by atoms with Gasteiger partial charge in [-0.15, -0.1) is 0 Å². The predicted octanol–water partition coefficient (Wildman–Crippen LogP) is 3.20. The molecule has 1 atom stereocenters. The number of hydrogen-bond acceptors (Lipinski definition) is 3. The molecule has 1 aromatic carbocycles. The normalized spacial score (nSPS) is 13.3. The third kappa shape index (κ3) is 1.85. The molecule has 0 radical (unpaired) electrons. The first-order valence-corrected chi connectivity index (χ1v) is 5.31. The first-order chi connectivity index (χ1) is 7.11. The van der Waals surface area contributed by atoms with E-state index in [-0.39, 0.29) is 6.04 Å². The summed E-state index contributed by atoms with van der Waals surface area (Å²) in [5.74, 6) is 0.581. The van der Waals surface area contributed by atoms with Crippen LogP contribution in [0.15, 0.2) is 16.5 Å². The van der Waals surface area contributed by atoms with E-state index in [0.29, 0.717) is 10.9 Å². The number of fused-ring (bicyclic) bond motifs is 1. The van der Waals surface area contributed by atoms with Gasteiger partial charge in [-0.3, -0.25) is 0 Å². The summed E-state index contributed by atoms with van der Waals surface area (Å²) >= 11 is 5.93. The van der Waals surface area contributed by atoms with Crippen molar-refractivity contribution in [1.82, 2.24) is 4.98 Å². The Morgan fingerprint density at radius 3 is 2.93 bits per heavy atom. The molecular weight excluding hydrogens is 212 g/mol. The lowest BCUT2D eigenvalue weighted by atomic mass is 10.2. The molecule has 0 bridgehead atoms.